The number of hydrogen-bond acceptors (Lipinski definition) is 3. The normalized spacial score (nSPS) is 15.0. The first kappa shape index (κ1) is 32.8. The van der Waals surface area contributed by atoms with Crippen molar-refractivity contribution in [3.63, 3.8) is 0 Å². The van der Waals surface area contributed by atoms with E-state index in [1.807, 2.05) is 11.0 Å². The van der Waals surface area contributed by atoms with Crippen LogP contribution in [-0.4, -0.2) is 60.6 Å². The van der Waals surface area contributed by atoms with E-state index in [1.54, 1.807) is 6.08 Å². The molecule has 0 aliphatic carbocycles. The number of benzene rings is 1. The smallest absolute Gasteiger partial charge is 0.302 e. The molecule has 1 amide bonds. The van der Waals surface area contributed by atoms with Crippen molar-refractivity contribution in [3.8, 4) is 0 Å². The van der Waals surface area contributed by atoms with Crippen LogP contribution in [0.4, 0.5) is 0 Å². The molecule has 0 atom stereocenters. The van der Waals surface area contributed by atoms with Gasteiger partial charge in [-0.1, -0.05) is 73.2 Å². The van der Waals surface area contributed by atoms with Crippen LogP contribution in [0.2, 0.25) is 0 Å². The van der Waals surface area contributed by atoms with Crippen molar-refractivity contribution in [2.45, 2.75) is 84.6 Å². The molecule has 0 bridgehead atoms. The first-order valence-electron chi connectivity index (χ1n) is 13.6. The molecule has 0 radical (unpaired) electrons. The summed E-state index contributed by atoms with van der Waals surface area (Å²) >= 11 is 3.55. The fourth-order valence-electron chi connectivity index (χ4n) is 4.82. The van der Waals surface area contributed by atoms with Gasteiger partial charge < -0.3 is 31.1 Å². The molecule has 1 fully saturated rings. The highest BCUT2D eigenvalue weighted by Gasteiger charge is 2.33. The molecule has 2 rings (SSSR count). The molecule has 0 aromatic heterocycles. The lowest BCUT2D eigenvalue weighted by molar-refractivity contribution is -0.944. The summed E-state index contributed by atoms with van der Waals surface area (Å²) in [6, 6.07) is 8.74. The van der Waals surface area contributed by atoms with E-state index in [0.717, 1.165) is 80.2 Å². The minimum atomic E-state index is -0.199. The summed E-state index contributed by atoms with van der Waals surface area (Å²) in [5.41, 5.74) is 1.38. The maximum absolute atomic E-state index is 12.8. The van der Waals surface area contributed by atoms with Crippen LogP contribution in [0.1, 0.15) is 83.6 Å². The topological polar surface area (TPSA) is 46.6 Å². The lowest BCUT2D eigenvalue weighted by Gasteiger charge is -2.45. The van der Waals surface area contributed by atoms with Crippen molar-refractivity contribution in [2.24, 2.45) is 0 Å². The molecule has 1 saturated heterocycles. The van der Waals surface area contributed by atoms with Gasteiger partial charge in [0.1, 0.15) is 6.54 Å². The van der Waals surface area contributed by atoms with Gasteiger partial charge in [0.05, 0.1) is 39.3 Å². The minimum Gasteiger partial charge on any atom is -1.00 e. The van der Waals surface area contributed by atoms with E-state index < -0.39 is 0 Å². The van der Waals surface area contributed by atoms with Gasteiger partial charge in [-0.3, -0.25) is 9.59 Å². The monoisotopic (exact) mass is 628 g/mol. The van der Waals surface area contributed by atoms with E-state index in [4.69, 9.17) is 4.74 Å². The van der Waals surface area contributed by atoms with E-state index in [-0.39, 0.29) is 28.9 Å². The summed E-state index contributed by atoms with van der Waals surface area (Å²) in [5.74, 6) is -0.0338. The van der Waals surface area contributed by atoms with Gasteiger partial charge in [-0.25, -0.2) is 0 Å². The molecule has 0 unspecified atom stereocenters. The number of halogens is 2. The summed E-state index contributed by atoms with van der Waals surface area (Å²) in [6.45, 7) is 10.3. The van der Waals surface area contributed by atoms with Crippen LogP contribution < -0.4 is 17.0 Å². The summed E-state index contributed by atoms with van der Waals surface area (Å²) in [7, 11) is 0. The van der Waals surface area contributed by atoms with Crippen LogP contribution >= 0.6 is 15.9 Å². The molecule has 0 N–H and O–H groups in total. The summed E-state index contributed by atoms with van der Waals surface area (Å²) in [5, 5.41) is 0. The third-order valence-corrected chi connectivity index (χ3v) is 7.53. The molecular formula is C29H46Br2N2O3. The van der Waals surface area contributed by atoms with Gasteiger partial charge in [-0.2, -0.15) is 0 Å². The molecule has 7 heteroatoms. The molecule has 1 aliphatic rings. The van der Waals surface area contributed by atoms with Crippen LogP contribution in [0.5, 0.6) is 0 Å². The molecule has 1 aliphatic heterocycles. The molecule has 5 nitrogen and oxygen atoms in total. The van der Waals surface area contributed by atoms with Gasteiger partial charge in [0, 0.05) is 17.0 Å². The number of ether oxygens (including phenoxy) is 1. The van der Waals surface area contributed by atoms with E-state index in [0.29, 0.717) is 6.61 Å². The van der Waals surface area contributed by atoms with Crippen molar-refractivity contribution in [2.75, 3.05) is 39.3 Å². The standard InChI is InChI=1S/C29H46BrN2O3.BrH/c1-3-4-5-12-21-32(25-27-15-17-28(30)18-16-27)22-19-31(20-23-32)29(34)14-11-9-7-6-8-10-13-24-35-26(2)33;/h11,14-18H,3-10,12-13,19-25H2,1-2H3;1H/q+1;/p-1/b14-11+;. The lowest BCUT2D eigenvalue weighted by Crippen LogP contribution is -3.00. The summed E-state index contributed by atoms with van der Waals surface area (Å²) in [4.78, 5) is 25.5. The van der Waals surface area contributed by atoms with Crippen molar-refractivity contribution < 1.29 is 35.8 Å². The SMILES string of the molecule is CCCCCC[N+]1(Cc2ccc(Br)cc2)CCN(C(=O)/C=C/CCCCCCCOC(C)=O)CC1.[Br-]. The van der Waals surface area contributed by atoms with Crippen molar-refractivity contribution >= 4 is 27.8 Å². The van der Waals surface area contributed by atoms with Gasteiger partial charge in [0.2, 0.25) is 5.91 Å². The third-order valence-electron chi connectivity index (χ3n) is 7.00. The van der Waals surface area contributed by atoms with E-state index in [9.17, 15) is 9.59 Å². The molecule has 0 spiro atoms. The van der Waals surface area contributed by atoms with E-state index >= 15 is 0 Å². The average molecular weight is 631 g/mol. The molecule has 1 heterocycles. The highest BCUT2D eigenvalue weighted by molar-refractivity contribution is 9.10. The van der Waals surface area contributed by atoms with Gasteiger partial charge >= 0.3 is 5.97 Å². The number of carbonyl (C=O) groups is 2. The molecular weight excluding hydrogens is 584 g/mol. The number of amides is 1. The Morgan fingerprint density at radius 1 is 0.972 bits per heavy atom. The van der Waals surface area contributed by atoms with Crippen molar-refractivity contribution in [1.82, 2.24) is 4.90 Å². The van der Waals surface area contributed by atoms with Crippen LogP contribution in [0, 0.1) is 0 Å². The predicted octanol–water partition coefficient (Wildman–Crippen LogP) is 3.65. The van der Waals surface area contributed by atoms with Crippen molar-refractivity contribution in [1.29, 1.82) is 0 Å². The molecule has 36 heavy (non-hydrogen) atoms. The zero-order valence-corrected chi connectivity index (χ0v) is 25.5. The number of quaternary nitrogens is 1. The Labute approximate surface area is 238 Å². The quantitative estimate of drug-likeness (QED) is 0.121. The second kappa shape index (κ2) is 19.0. The minimum absolute atomic E-state index is 0. The Morgan fingerprint density at radius 2 is 1.61 bits per heavy atom. The molecule has 204 valence electrons. The third kappa shape index (κ3) is 13.4. The summed E-state index contributed by atoms with van der Waals surface area (Å²) in [6.07, 6.45) is 15.3. The van der Waals surface area contributed by atoms with Gasteiger partial charge in [0.25, 0.3) is 0 Å². The highest BCUT2D eigenvalue weighted by Crippen LogP contribution is 2.22. The van der Waals surface area contributed by atoms with Crippen LogP contribution in [0.25, 0.3) is 0 Å². The Kier molecular flexibility index (Phi) is 17.3. The highest BCUT2D eigenvalue weighted by atomic mass is 79.9. The molecule has 1 aromatic carbocycles. The molecule has 1 aromatic rings. The Bertz CT molecular complexity index is 775. The Morgan fingerprint density at radius 3 is 2.28 bits per heavy atom. The summed E-state index contributed by atoms with van der Waals surface area (Å²) < 4.78 is 7.17. The average Bonchev–Trinajstić information content (AvgIpc) is 2.85. The fourth-order valence-corrected chi connectivity index (χ4v) is 5.09. The van der Waals surface area contributed by atoms with Gasteiger partial charge in [0.15, 0.2) is 0 Å². The van der Waals surface area contributed by atoms with Crippen molar-refractivity contribution in [3.05, 3.63) is 46.5 Å². The second-order valence-electron chi connectivity index (χ2n) is 9.98. The maximum Gasteiger partial charge on any atom is 0.302 e. The first-order chi connectivity index (χ1) is 16.9. The number of allylic oxidation sites excluding steroid dienone is 1. The zero-order chi connectivity index (χ0) is 25.4. The number of hydrogen-bond donors (Lipinski definition) is 0. The number of carbonyl (C=O) groups excluding carboxylic acids is 2. The van der Waals surface area contributed by atoms with Crippen LogP contribution in [0.15, 0.2) is 40.9 Å². The first-order valence-corrected chi connectivity index (χ1v) is 14.4. The van der Waals surface area contributed by atoms with Gasteiger partial charge in [-0.05, 0) is 50.3 Å². The lowest BCUT2D eigenvalue weighted by atomic mass is 10.1. The van der Waals surface area contributed by atoms with E-state index in [2.05, 4.69) is 47.1 Å². The van der Waals surface area contributed by atoms with Crippen LogP contribution in [0.3, 0.4) is 0 Å². The second-order valence-corrected chi connectivity index (χ2v) is 10.9. The maximum atomic E-state index is 12.8. The zero-order valence-electron chi connectivity index (χ0n) is 22.4. The number of nitrogens with zero attached hydrogens (tertiary/aromatic N) is 2. The van der Waals surface area contributed by atoms with E-state index in [1.165, 1.54) is 44.7 Å². The van der Waals surface area contributed by atoms with Crippen LogP contribution in [-0.2, 0) is 20.9 Å². The van der Waals surface area contributed by atoms with Gasteiger partial charge in [-0.15, -0.1) is 0 Å². The fraction of sp³-hybridized carbons (Fsp3) is 0.655. The number of esters is 1. The predicted molar refractivity (Wildman–Crippen MR) is 147 cm³/mol. The number of unbranched alkanes of at least 4 members (excludes halogenated alkanes) is 8. The largest absolute Gasteiger partial charge is 1.00 e. The number of rotatable bonds is 16. The Hall–Kier alpha value is -1.18. The molecule has 0 saturated carbocycles. The number of piperazine rings is 1. The Balaban J connectivity index is 0.00000648.